The molecule has 11 heavy (non-hydrogen) atoms. The fourth-order valence-corrected chi connectivity index (χ4v) is 3.59. The third-order valence-corrected chi connectivity index (χ3v) is 4.25. The molecule has 0 unspecified atom stereocenters. The van der Waals surface area contributed by atoms with Crippen molar-refractivity contribution in [2.45, 2.75) is 62.4 Å². The van der Waals surface area contributed by atoms with Gasteiger partial charge in [-0.1, -0.05) is 25.7 Å². The van der Waals surface area contributed by atoms with Crippen molar-refractivity contribution in [2.75, 3.05) is 0 Å². The summed E-state index contributed by atoms with van der Waals surface area (Å²) in [6, 6.07) is 0. The largest absolute Gasteiger partial charge is 0.302 e. The second kappa shape index (κ2) is 1.82. The lowest BCUT2D eigenvalue weighted by atomic mass is 9.71. The second-order valence-electron chi connectivity index (χ2n) is 4.70. The van der Waals surface area contributed by atoms with Crippen LogP contribution in [0.3, 0.4) is 0 Å². The van der Waals surface area contributed by atoms with E-state index in [1.54, 1.807) is 0 Å². The highest BCUT2D eigenvalue weighted by Crippen LogP contribution is 2.57. The lowest BCUT2D eigenvalue weighted by Crippen LogP contribution is -2.32. The first-order chi connectivity index (χ1) is 5.37. The standard InChI is InChI=1S/C10H17N/c1-2-6-10-8-4-3-7-9(10,5-1)11-10/h11H,1-8H2. The zero-order valence-corrected chi connectivity index (χ0v) is 7.16. The molecule has 2 saturated carbocycles. The summed E-state index contributed by atoms with van der Waals surface area (Å²) in [6.45, 7) is 0. The smallest absolute Gasteiger partial charge is 0.0369 e. The molecular weight excluding hydrogens is 134 g/mol. The lowest BCUT2D eigenvalue weighted by Gasteiger charge is -2.31. The van der Waals surface area contributed by atoms with E-state index in [1.807, 2.05) is 0 Å². The molecular formula is C10H17N. The zero-order valence-electron chi connectivity index (χ0n) is 7.16. The second-order valence-corrected chi connectivity index (χ2v) is 4.70. The maximum atomic E-state index is 3.82. The SMILES string of the molecule is C1CCC23CCCCC2(C1)N3. The molecule has 0 spiro atoms. The molecule has 1 N–H and O–H groups in total. The first-order valence-corrected chi connectivity index (χ1v) is 5.16. The average Bonchev–Trinajstić information content (AvgIpc) is 2.72. The Morgan fingerprint density at radius 3 is 1.36 bits per heavy atom. The van der Waals surface area contributed by atoms with Crippen LogP contribution in [0.4, 0.5) is 0 Å². The topological polar surface area (TPSA) is 21.9 Å². The molecule has 0 aromatic rings. The molecule has 62 valence electrons. The van der Waals surface area contributed by atoms with Crippen molar-refractivity contribution in [2.24, 2.45) is 0 Å². The average molecular weight is 151 g/mol. The Kier molecular flexibility index (Phi) is 1.07. The Morgan fingerprint density at radius 1 is 0.636 bits per heavy atom. The molecule has 3 rings (SSSR count). The molecule has 2 aliphatic carbocycles. The highest BCUT2D eigenvalue weighted by Gasteiger charge is 2.67. The molecule has 0 atom stereocenters. The van der Waals surface area contributed by atoms with E-state index in [0.29, 0.717) is 11.1 Å². The molecule has 1 aliphatic heterocycles. The molecule has 3 fully saturated rings. The van der Waals surface area contributed by atoms with E-state index in [9.17, 15) is 0 Å². The number of nitrogens with one attached hydrogen (secondary N) is 1. The van der Waals surface area contributed by atoms with Crippen LogP contribution < -0.4 is 5.32 Å². The first-order valence-electron chi connectivity index (χ1n) is 5.16. The summed E-state index contributed by atoms with van der Waals surface area (Å²) in [7, 11) is 0. The van der Waals surface area contributed by atoms with Crippen LogP contribution in [0.2, 0.25) is 0 Å². The summed E-state index contributed by atoms with van der Waals surface area (Å²) in [5.74, 6) is 0. The predicted octanol–water partition coefficient (Wildman–Crippen LogP) is 2.22. The molecule has 3 aliphatic rings. The van der Waals surface area contributed by atoms with Crippen molar-refractivity contribution in [3.63, 3.8) is 0 Å². The van der Waals surface area contributed by atoms with E-state index in [2.05, 4.69) is 5.32 Å². The molecule has 0 radical (unpaired) electrons. The summed E-state index contributed by atoms with van der Waals surface area (Å²) in [6.07, 6.45) is 11.8. The van der Waals surface area contributed by atoms with Gasteiger partial charge in [-0.2, -0.15) is 0 Å². The molecule has 0 bridgehead atoms. The highest BCUT2D eigenvalue weighted by molar-refractivity contribution is 5.28. The van der Waals surface area contributed by atoms with Gasteiger partial charge in [0.2, 0.25) is 0 Å². The molecule has 1 saturated heterocycles. The van der Waals surface area contributed by atoms with Crippen LogP contribution in [-0.4, -0.2) is 11.1 Å². The Balaban J connectivity index is 1.89. The number of rotatable bonds is 0. The van der Waals surface area contributed by atoms with E-state index >= 15 is 0 Å². The van der Waals surface area contributed by atoms with Gasteiger partial charge in [0.25, 0.3) is 0 Å². The van der Waals surface area contributed by atoms with Crippen LogP contribution in [0.25, 0.3) is 0 Å². The minimum Gasteiger partial charge on any atom is -0.302 e. The van der Waals surface area contributed by atoms with E-state index in [0.717, 1.165) is 0 Å². The van der Waals surface area contributed by atoms with Gasteiger partial charge in [0.1, 0.15) is 0 Å². The van der Waals surface area contributed by atoms with Crippen LogP contribution in [0.15, 0.2) is 0 Å². The number of hydrogen-bond donors (Lipinski definition) is 1. The van der Waals surface area contributed by atoms with E-state index in [-0.39, 0.29) is 0 Å². The van der Waals surface area contributed by atoms with E-state index < -0.39 is 0 Å². The summed E-state index contributed by atoms with van der Waals surface area (Å²) >= 11 is 0. The molecule has 1 heteroatoms. The fourth-order valence-electron chi connectivity index (χ4n) is 3.59. The summed E-state index contributed by atoms with van der Waals surface area (Å²) in [5, 5.41) is 3.82. The van der Waals surface area contributed by atoms with Crippen molar-refractivity contribution in [1.29, 1.82) is 0 Å². The quantitative estimate of drug-likeness (QED) is 0.527. The van der Waals surface area contributed by atoms with Gasteiger partial charge in [-0.3, -0.25) is 0 Å². The lowest BCUT2D eigenvalue weighted by molar-refractivity contribution is 0.292. The van der Waals surface area contributed by atoms with Gasteiger partial charge in [0.15, 0.2) is 0 Å². The molecule has 1 heterocycles. The minimum absolute atomic E-state index is 0.670. The van der Waals surface area contributed by atoms with Crippen molar-refractivity contribution in [3.05, 3.63) is 0 Å². The van der Waals surface area contributed by atoms with Gasteiger partial charge >= 0.3 is 0 Å². The van der Waals surface area contributed by atoms with Crippen LogP contribution in [0.1, 0.15) is 51.4 Å². The normalized spacial score (nSPS) is 54.5. The van der Waals surface area contributed by atoms with Gasteiger partial charge in [0.05, 0.1) is 0 Å². The Bertz CT molecular complexity index is 153. The maximum Gasteiger partial charge on any atom is 0.0369 e. The summed E-state index contributed by atoms with van der Waals surface area (Å²) in [4.78, 5) is 0. The van der Waals surface area contributed by atoms with E-state index in [4.69, 9.17) is 0 Å². The Morgan fingerprint density at radius 2 is 1.00 bits per heavy atom. The third kappa shape index (κ3) is 0.658. The molecule has 0 aromatic carbocycles. The van der Waals surface area contributed by atoms with Gasteiger partial charge in [-0.15, -0.1) is 0 Å². The van der Waals surface area contributed by atoms with Crippen molar-refractivity contribution >= 4 is 0 Å². The van der Waals surface area contributed by atoms with Crippen molar-refractivity contribution in [3.8, 4) is 0 Å². The number of hydrogen-bond acceptors (Lipinski definition) is 1. The van der Waals surface area contributed by atoms with Gasteiger partial charge in [-0.25, -0.2) is 0 Å². The van der Waals surface area contributed by atoms with Gasteiger partial charge in [-0.05, 0) is 25.7 Å². The molecule has 0 amide bonds. The van der Waals surface area contributed by atoms with E-state index in [1.165, 1.54) is 51.4 Å². The highest BCUT2D eigenvalue weighted by atomic mass is 15.3. The first kappa shape index (κ1) is 6.47. The van der Waals surface area contributed by atoms with Crippen molar-refractivity contribution < 1.29 is 0 Å². The minimum atomic E-state index is 0.670. The van der Waals surface area contributed by atoms with Crippen LogP contribution in [-0.2, 0) is 0 Å². The fraction of sp³-hybridized carbons (Fsp3) is 1.00. The summed E-state index contributed by atoms with van der Waals surface area (Å²) < 4.78 is 0. The van der Waals surface area contributed by atoms with Gasteiger partial charge < -0.3 is 5.32 Å². The van der Waals surface area contributed by atoms with Crippen LogP contribution in [0, 0.1) is 0 Å². The Labute approximate surface area is 68.6 Å². The predicted molar refractivity (Wildman–Crippen MR) is 45.5 cm³/mol. The van der Waals surface area contributed by atoms with Crippen LogP contribution in [0.5, 0.6) is 0 Å². The summed E-state index contributed by atoms with van der Waals surface area (Å²) in [5.41, 5.74) is 1.34. The zero-order chi connectivity index (χ0) is 7.36. The van der Waals surface area contributed by atoms with Crippen LogP contribution >= 0.6 is 0 Å². The molecule has 1 nitrogen and oxygen atoms in total. The Hall–Kier alpha value is -0.0400. The van der Waals surface area contributed by atoms with Crippen molar-refractivity contribution in [1.82, 2.24) is 5.32 Å². The van der Waals surface area contributed by atoms with Gasteiger partial charge in [0, 0.05) is 11.1 Å². The monoisotopic (exact) mass is 151 g/mol. The third-order valence-electron chi connectivity index (χ3n) is 4.25. The maximum absolute atomic E-state index is 3.82. The molecule has 0 aromatic heterocycles.